The second-order valence-electron chi connectivity index (χ2n) is 3.80. The molecule has 1 rings (SSSR count). The van der Waals surface area contributed by atoms with Gasteiger partial charge in [-0.3, -0.25) is 0 Å². The molecule has 0 aliphatic rings. The molecule has 0 fully saturated rings. The van der Waals surface area contributed by atoms with Gasteiger partial charge in [-0.25, -0.2) is 0 Å². The summed E-state index contributed by atoms with van der Waals surface area (Å²) in [5.41, 5.74) is 1.18. The van der Waals surface area contributed by atoms with Crippen LogP contribution >= 0.6 is 0 Å². The van der Waals surface area contributed by atoms with Crippen LogP contribution in [0.3, 0.4) is 0 Å². The quantitative estimate of drug-likeness (QED) is 0.722. The predicted molar refractivity (Wildman–Crippen MR) is 66.0 cm³/mol. The molecule has 0 aromatic heterocycles. The molecule has 0 unspecified atom stereocenters. The van der Waals surface area contributed by atoms with E-state index in [-0.39, 0.29) is 0 Å². The first-order valence-electron chi connectivity index (χ1n) is 4.91. The van der Waals surface area contributed by atoms with Gasteiger partial charge < -0.3 is 13.8 Å². The Bertz CT molecular complexity index is 307. The maximum atomic E-state index is 5.48. The molecule has 3 nitrogen and oxygen atoms in total. The number of hydrogen-bond acceptors (Lipinski definition) is 3. The molecular formula is C11H19NO2Si. The van der Waals surface area contributed by atoms with Gasteiger partial charge in [0.25, 0.3) is 0 Å². The average Bonchev–Trinajstić information content (AvgIpc) is 2.28. The molecule has 0 spiro atoms. The van der Waals surface area contributed by atoms with Crippen LogP contribution in [-0.4, -0.2) is 36.9 Å². The van der Waals surface area contributed by atoms with Crippen LogP contribution in [0.1, 0.15) is 0 Å². The molecule has 0 heterocycles. The molecule has 0 N–H and O–H groups in total. The molecule has 4 heteroatoms. The van der Waals surface area contributed by atoms with Crippen LogP contribution in [0.15, 0.2) is 24.3 Å². The summed E-state index contributed by atoms with van der Waals surface area (Å²) in [6.45, 7) is 2.04. The molecular weight excluding hydrogens is 206 g/mol. The van der Waals surface area contributed by atoms with Gasteiger partial charge in [0.05, 0.1) is 0 Å². The largest absolute Gasteiger partial charge is 0.394 e. The zero-order valence-electron chi connectivity index (χ0n) is 10.1. The number of rotatable bonds is 4. The first-order chi connectivity index (χ1) is 7.03. The summed E-state index contributed by atoms with van der Waals surface area (Å²) in [6.07, 6.45) is 0. The van der Waals surface area contributed by atoms with Crippen LogP contribution in [0.2, 0.25) is 6.55 Å². The summed E-state index contributed by atoms with van der Waals surface area (Å²) in [6, 6.07) is 8.32. The first-order valence-corrected chi connectivity index (χ1v) is 7.23. The van der Waals surface area contributed by atoms with Crippen molar-refractivity contribution in [3.8, 4) is 0 Å². The van der Waals surface area contributed by atoms with Gasteiger partial charge in [0.2, 0.25) is 0 Å². The molecule has 15 heavy (non-hydrogen) atoms. The van der Waals surface area contributed by atoms with Crippen molar-refractivity contribution in [3.05, 3.63) is 24.3 Å². The molecule has 0 amide bonds. The Hall–Kier alpha value is -0.843. The lowest BCUT2D eigenvalue weighted by molar-refractivity contribution is 0.265. The fraction of sp³-hybridized carbons (Fsp3) is 0.455. The lowest BCUT2D eigenvalue weighted by Gasteiger charge is -2.23. The Labute approximate surface area is 92.9 Å². The summed E-state index contributed by atoms with van der Waals surface area (Å²) in [7, 11) is 5.31. The highest BCUT2D eigenvalue weighted by Crippen LogP contribution is 2.11. The first kappa shape index (κ1) is 12.2. The third kappa shape index (κ3) is 2.59. The van der Waals surface area contributed by atoms with Crippen molar-refractivity contribution in [3.63, 3.8) is 0 Å². The Kier molecular flexibility index (Phi) is 3.90. The van der Waals surface area contributed by atoms with Crippen LogP contribution < -0.4 is 10.1 Å². The maximum absolute atomic E-state index is 5.48. The van der Waals surface area contributed by atoms with E-state index in [9.17, 15) is 0 Å². The van der Waals surface area contributed by atoms with E-state index in [0.717, 1.165) is 5.19 Å². The number of nitrogens with zero attached hydrogens (tertiary/aromatic N) is 1. The van der Waals surface area contributed by atoms with E-state index in [4.69, 9.17) is 8.85 Å². The van der Waals surface area contributed by atoms with Gasteiger partial charge in [-0.2, -0.15) is 0 Å². The van der Waals surface area contributed by atoms with Gasteiger partial charge in [-0.1, -0.05) is 12.1 Å². The lowest BCUT2D eigenvalue weighted by atomic mass is 10.3. The zero-order valence-corrected chi connectivity index (χ0v) is 11.1. The van der Waals surface area contributed by atoms with Crippen molar-refractivity contribution in [2.24, 2.45) is 0 Å². The summed E-state index contributed by atoms with van der Waals surface area (Å²) in [5, 5.41) is 1.15. The third-order valence-corrected chi connectivity index (χ3v) is 5.63. The van der Waals surface area contributed by atoms with Crippen molar-refractivity contribution in [1.29, 1.82) is 0 Å². The molecule has 0 aliphatic carbocycles. The molecule has 1 aromatic rings. The number of hydrogen-bond donors (Lipinski definition) is 0. The molecule has 0 aliphatic heterocycles. The number of anilines is 1. The van der Waals surface area contributed by atoms with E-state index in [1.807, 2.05) is 20.6 Å². The molecule has 0 atom stereocenters. The molecule has 0 bridgehead atoms. The molecule has 0 saturated carbocycles. The minimum absolute atomic E-state index is 1.15. The second-order valence-corrected chi connectivity index (χ2v) is 7.08. The normalized spacial score (nSPS) is 11.5. The van der Waals surface area contributed by atoms with Gasteiger partial charge in [0.1, 0.15) is 0 Å². The van der Waals surface area contributed by atoms with Crippen LogP contribution in [0.25, 0.3) is 0 Å². The van der Waals surface area contributed by atoms with Crippen LogP contribution in [0.4, 0.5) is 5.69 Å². The fourth-order valence-electron chi connectivity index (χ4n) is 1.38. The van der Waals surface area contributed by atoms with E-state index in [1.165, 1.54) is 5.69 Å². The fourth-order valence-corrected chi connectivity index (χ4v) is 2.79. The maximum Gasteiger partial charge on any atom is 0.368 e. The van der Waals surface area contributed by atoms with E-state index in [0.29, 0.717) is 0 Å². The molecule has 1 aromatic carbocycles. The van der Waals surface area contributed by atoms with E-state index in [2.05, 4.69) is 29.2 Å². The van der Waals surface area contributed by atoms with Crippen molar-refractivity contribution < 1.29 is 8.85 Å². The van der Waals surface area contributed by atoms with E-state index in [1.54, 1.807) is 14.2 Å². The van der Waals surface area contributed by atoms with Crippen molar-refractivity contribution >= 4 is 19.4 Å². The highest BCUT2D eigenvalue weighted by atomic mass is 28.4. The van der Waals surface area contributed by atoms with Crippen molar-refractivity contribution in [1.82, 2.24) is 0 Å². The van der Waals surface area contributed by atoms with E-state index < -0.39 is 8.56 Å². The molecule has 0 radical (unpaired) electrons. The highest BCUT2D eigenvalue weighted by molar-refractivity contribution is 6.79. The van der Waals surface area contributed by atoms with Gasteiger partial charge in [0.15, 0.2) is 0 Å². The van der Waals surface area contributed by atoms with Crippen LogP contribution in [-0.2, 0) is 8.85 Å². The smallest absolute Gasteiger partial charge is 0.368 e. The average molecular weight is 225 g/mol. The Morgan fingerprint density at radius 1 is 1.00 bits per heavy atom. The molecule has 0 saturated heterocycles. The van der Waals surface area contributed by atoms with Crippen molar-refractivity contribution in [2.75, 3.05) is 33.2 Å². The van der Waals surface area contributed by atoms with Crippen LogP contribution in [0, 0.1) is 0 Å². The number of benzene rings is 1. The lowest BCUT2D eigenvalue weighted by Crippen LogP contribution is -2.49. The van der Waals surface area contributed by atoms with E-state index >= 15 is 0 Å². The predicted octanol–water partition coefficient (Wildman–Crippen LogP) is 1.32. The monoisotopic (exact) mass is 225 g/mol. The van der Waals surface area contributed by atoms with Gasteiger partial charge in [-0.05, 0) is 23.9 Å². The third-order valence-electron chi connectivity index (χ3n) is 2.69. The second kappa shape index (κ2) is 4.79. The van der Waals surface area contributed by atoms with Crippen molar-refractivity contribution in [2.45, 2.75) is 6.55 Å². The van der Waals surface area contributed by atoms with Gasteiger partial charge >= 0.3 is 8.56 Å². The SMILES string of the molecule is CO[Si](C)(OC)c1ccc(N(C)C)cc1. The van der Waals surface area contributed by atoms with Gasteiger partial charge in [-0.15, -0.1) is 0 Å². The van der Waals surface area contributed by atoms with Crippen LogP contribution in [0.5, 0.6) is 0 Å². The molecule has 84 valence electrons. The summed E-state index contributed by atoms with van der Waals surface area (Å²) in [5.74, 6) is 0. The summed E-state index contributed by atoms with van der Waals surface area (Å²) in [4.78, 5) is 2.07. The summed E-state index contributed by atoms with van der Waals surface area (Å²) >= 11 is 0. The Morgan fingerprint density at radius 2 is 1.47 bits per heavy atom. The Balaban J connectivity index is 2.97. The minimum atomic E-state index is -2.15. The zero-order chi connectivity index (χ0) is 11.5. The minimum Gasteiger partial charge on any atom is -0.394 e. The summed E-state index contributed by atoms with van der Waals surface area (Å²) < 4.78 is 11.0. The van der Waals surface area contributed by atoms with Gasteiger partial charge in [0, 0.05) is 34.0 Å². The standard InChI is InChI=1S/C11H19NO2Si/c1-12(2)10-6-8-11(9-7-10)15(5,13-3)14-4/h6-9H,1-5H3. The topological polar surface area (TPSA) is 21.7 Å². The Morgan fingerprint density at radius 3 is 1.80 bits per heavy atom. The highest BCUT2D eigenvalue weighted by Gasteiger charge is 2.31.